The van der Waals surface area contributed by atoms with Gasteiger partial charge in [0.15, 0.2) is 11.9 Å². The molecule has 1 aromatic carbocycles. The van der Waals surface area contributed by atoms with Gasteiger partial charge in [-0.3, -0.25) is 10.1 Å². The number of hydrogen-bond acceptors (Lipinski definition) is 5. The Labute approximate surface area is 78.8 Å². The molecule has 0 bridgehead atoms. The number of aliphatic hydroxyl groups is 1. The van der Waals surface area contributed by atoms with E-state index >= 15 is 0 Å². The van der Waals surface area contributed by atoms with Gasteiger partial charge in [-0.25, -0.2) is 0 Å². The van der Waals surface area contributed by atoms with Crippen LogP contribution < -0.4 is 0 Å². The molecule has 0 saturated heterocycles. The van der Waals surface area contributed by atoms with E-state index in [4.69, 9.17) is 15.5 Å². The highest BCUT2D eigenvalue weighted by Gasteiger charge is 2.23. The molecule has 0 fully saturated rings. The van der Waals surface area contributed by atoms with E-state index in [-0.39, 0.29) is 5.56 Å². The van der Waals surface area contributed by atoms with Crippen molar-refractivity contribution in [3.05, 3.63) is 33.9 Å². The minimum absolute atomic E-state index is 0.211. The van der Waals surface area contributed by atoms with Crippen LogP contribution in [-0.4, -0.2) is 15.1 Å². The number of nitro groups is 1. The Morgan fingerprint density at radius 1 is 1.57 bits per heavy atom. The molecule has 0 spiro atoms. The molecule has 0 saturated carbocycles. The van der Waals surface area contributed by atoms with Crippen molar-refractivity contribution in [3.8, 4) is 11.8 Å². The van der Waals surface area contributed by atoms with E-state index in [9.17, 15) is 10.1 Å². The number of phenols is 1. The average Bonchev–Trinajstić information content (AvgIpc) is 2.15. The molecule has 0 amide bonds. The van der Waals surface area contributed by atoms with Crippen LogP contribution in [0.2, 0.25) is 0 Å². The molecule has 1 aromatic rings. The van der Waals surface area contributed by atoms with Crippen LogP contribution in [0.15, 0.2) is 18.2 Å². The van der Waals surface area contributed by atoms with Crippen molar-refractivity contribution < 1.29 is 15.1 Å². The van der Waals surface area contributed by atoms with Crippen molar-refractivity contribution in [2.45, 2.75) is 6.10 Å². The van der Waals surface area contributed by atoms with Gasteiger partial charge in [-0.15, -0.1) is 0 Å². The predicted molar refractivity (Wildman–Crippen MR) is 45.3 cm³/mol. The number of aliphatic hydroxyl groups excluding tert-OH is 1. The molecule has 2 N–H and O–H groups in total. The largest absolute Gasteiger partial charge is 0.502 e. The fourth-order valence-corrected chi connectivity index (χ4v) is 1.04. The number of aromatic hydroxyl groups is 1. The molecular formula is C8H6N2O4. The molecule has 0 aliphatic rings. The third kappa shape index (κ3) is 1.62. The first kappa shape index (κ1) is 9.95. The fourth-order valence-electron chi connectivity index (χ4n) is 1.04. The highest BCUT2D eigenvalue weighted by molar-refractivity contribution is 5.53. The third-order valence-corrected chi connectivity index (χ3v) is 1.65. The van der Waals surface area contributed by atoms with Crippen LogP contribution in [0.3, 0.4) is 0 Å². The normalized spacial score (nSPS) is 11.7. The minimum atomic E-state index is -1.61. The number of nitriles is 1. The maximum Gasteiger partial charge on any atom is 0.317 e. The summed E-state index contributed by atoms with van der Waals surface area (Å²) < 4.78 is 0. The lowest BCUT2D eigenvalue weighted by molar-refractivity contribution is -0.387. The van der Waals surface area contributed by atoms with Crippen molar-refractivity contribution in [2.75, 3.05) is 0 Å². The van der Waals surface area contributed by atoms with E-state index < -0.39 is 22.5 Å². The van der Waals surface area contributed by atoms with Gasteiger partial charge in [0.2, 0.25) is 0 Å². The number of benzene rings is 1. The number of hydrogen-bond donors (Lipinski definition) is 2. The van der Waals surface area contributed by atoms with Gasteiger partial charge in [-0.1, -0.05) is 6.07 Å². The summed E-state index contributed by atoms with van der Waals surface area (Å²) in [5.41, 5.74) is -0.848. The van der Waals surface area contributed by atoms with E-state index in [1.807, 2.05) is 0 Å². The van der Waals surface area contributed by atoms with Crippen molar-refractivity contribution >= 4 is 5.69 Å². The summed E-state index contributed by atoms with van der Waals surface area (Å²) >= 11 is 0. The maximum atomic E-state index is 10.5. The van der Waals surface area contributed by atoms with E-state index in [0.29, 0.717) is 0 Å². The second-order valence-electron chi connectivity index (χ2n) is 2.50. The summed E-state index contributed by atoms with van der Waals surface area (Å²) in [4.78, 5) is 9.65. The Kier molecular flexibility index (Phi) is 2.65. The molecule has 6 heteroatoms. The summed E-state index contributed by atoms with van der Waals surface area (Å²) in [6, 6.07) is 5.09. The van der Waals surface area contributed by atoms with Crippen LogP contribution in [0, 0.1) is 21.4 Å². The van der Waals surface area contributed by atoms with Gasteiger partial charge in [0.25, 0.3) is 0 Å². The standard InChI is InChI=1S/C8H6N2O4/c9-4-7(12)5-2-1-3-6(11)8(5)10(13)14/h1-3,7,11-12H. The number of rotatable bonds is 2. The lowest BCUT2D eigenvalue weighted by atomic mass is 10.1. The summed E-state index contributed by atoms with van der Waals surface area (Å²) in [7, 11) is 0. The number of para-hydroxylation sites is 1. The van der Waals surface area contributed by atoms with Crippen molar-refractivity contribution in [3.63, 3.8) is 0 Å². The zero-order chi connectivity index (χ0) is 10.7. The Morgan fingerprint density at radius 2 is 2.21 bits per heavy atom. The summed E-state index contributed by atoms with van der Waals surface area (Å²) in [5.74, 6) is -0.568. The Hall–Kier alpha value is -2.13. The number of phenolic OH excluding ortho intramolecular Hbond substituents is 1. The molecule has 1 rings (SSSR count). The van der Waals surface area contributed by atoms with Gasteiger partial charge in [0.1, 0.15) is 0 Å². The van der Waals surface area contributed by atoms with E-state index in [1.54, 1.807) is 0 Å². The van der Waals surface area contributed by atoms with Crippen molar-refractivity contribution in [1.29, 1.82) is 5.26 Å². The molecule has 0 heterocycles. The molecule has 1 atom stereocenters. The first-order valence-electron chi connectivity index (χ1n) is 3.62. The Balaban J connectivity index is 3.37. The SMILES string of the molecule is N#CC(O)c1cccc(O)c1[N+](=O)[O-]. The van der Waals surface area contributed by atoms with E-state index in [0.717, 1.165) is 6.07 Å². The molecule has 0 radical (unpaired) electrons. The minimum Gasteiger partial charge on any atom is -0.502 e. The first-order chi connectivity index (χ1) is 6.57. The quantitative estimate of drug-likeness (QED) is 0.412. The van der Waals surface area contributed by atoms with Gasteiger partial charge in [-0.05, 0) is 12.1 Å². The maximum absolute atomic E-state index is 10.5. The van der Waals surface area contributed by atoms with Gasteiger partial charge >= 0.3 is 5.69 Å². The molecule has 6 nitrogen and oxygen atoms in total. The third-order valence-electron chi connectivity index (χ3n) is 1.65. The van der Waals surface area contributed by atoms with Gasteiger partial charge in [0, 0.05) is 0 Å². The molecule has 14 heavy (non-hydrogen) atoms. The van der Waals surface area contributed by atoms with Gasteiger partial charge < -0.3 is 10.2 Å². The van der Waals surface area contributed by atoms with E-state index in [2.05, 4.69) is 0 Å². The number of nitro benzene ring substituents is 1. The van der Waals surface area contributed by atoms with Crippen LogP contribution in [0.1, 0.15) is 11.7 Å². The van der Waals surface area contributed by atoms with Crippen LogP contribution in [0.4, 0.5) is 5.69 Å². The fraction of sp³-hybridized carbons (Fsp3) is 0.125. The van der Waals surface area contributed by atoms with Gasteiger partial charge in [-0.2, -0.15) is 5.26 Å². The molecule has 72 valence electrons. The van der Waals surface area contributed by atoms with Crippen LogP contribution in [0.5, 0.6) is 5.75 Å². The van der Waals surface area contributed by atoms with Crippen LogP contribution in [0.25, 0.3) is 0 Å². The molecular weight excluding hydrogens is 188 g/mol. The average molecular weight is 194 g/mol. The lowest BCUT2D eigenvalue weighted by Crippen LogP contribution is -2.00. The highest BCUT2D eigenvalue weighted by Crippen LogP contribution is 2.32. The lowest BCUT2D eigenvalue weighted by Gasteiger charge is -2.04. The second kappa shape index (κ2) is 3.72. The first-order valence-corrected chi connectivity index (χ1v) is 3.62. The molecule has 0 aliphatic carbocycles. The zero-order valence-corrected chi connectivity index (χ0v) is 6.91. The summed E-state index contributed by atoms with van der Waals surface area (Å²) in [6.07, 6.45) is -1.61. The Bertz CT molecular complexity index is 410. The Morgan fingerprint density at radius 3 is 2.71 bits per heavy atom. The number of nitrogens with zero attached hydrogens (tertiary/aromatic N) is 2. The van der Waals surface area contributed by atoms with Crippen LogP contribution in [-0.2, 0) is 0 Å². The van der Waals surface area contributed by atoms with Crippen molar-refractivity contribution in [2.24, 2.45) is 0 Å². The smallest absolute Gasteiger partial charge is 0.317 e. The topological polar surface area (TPSA) is 107 Å². The van der Waals surface area contributed by atoms with Gasteiger partial charge in [0.05, 0.1) is 16.6 Å². The van der Waals surface area contributed by atoms with Crippen LogP contribution >= 0.6 is 0 Å². The van der Waals surface area contributed by atoms with E-state index in [1.165, 1.54) is 18.2 Å². The predicted octanol–water partition coefficient (Wildman–Crippen LogP) is 0.857. The summed E-state index contributed by atoms with van der Waals surface area (Å²) in [5, 5.41) is 37.1. The summed E-state index contributed by atoms with van der Waals surface area (Å²) in [6.45, 7) is 0. The molecule has 1 unspecified atom stereocenters. The highest BCUT2D eigenvalue weighted by atomic mass is 16.6. The van der Waals surface area contributed by atoms with Crippen molar-refractivity contribution in [1.82, 2.24) is 0 Å². The molecule has 0 aliphatic heterocycles. The monoisotopic (exact) mass is 194 g/mol. The molecule has 0 aromatic heterocycles. The second-order valence-corrected chi connectivity index (χ2v) is 2.50. The zero-order valence-electron chi connectivity index (χ0n) is 6.91.